The first-order chi connectivity index (χ1) is 7.70. The fourth-order valence-corrected chi connectivity index (χ4v) is 2.24. The third-order valence-electron chi connectivity index (χ3n) is 2.23. The molecule has 0 radical (unpaired) electrons. The van der Waals surface area contributed by atoms with E-state index in [4.69, 9.17) is 10.8 Å². The molecule has 0 amide bonds. The van der Waals surface area contributed by atoms with Crippen LogP contribution in [0.2, 0.25) is 0 Å². The minimum absolute atomic E-state index is 0.553. The maximum atomic E-state index is 10.5. The van der Waals surface area contributed by atoms with E-state index >= 15 is 0 Å². The van der Waals surface area contributed by atoms with Gasteiger partial charge in [0.1, 0.15) is 6.04 Å². The Kier molecular flexibility index (Phi) is 5.96. The van der Waals surface area contributed by atoms with Crippen molar-refractivity contribution < 1.29 is 9.90 Å². The lowest BCUT2D eigenvalue weighted by Gasteiger charge is -2.05. The number of benzene rings is 1. The molecule has 3 nitrogen and oxygen atoms in total. The summed E-state index contributed by atoms with van der Waals surface area (Å²) in [5, 5.41) is 8.58. The largest absolute Gasteiger partial charge is 0.480 e. The highest BCUT2D eigenvalue weighted by atomic mass is 32.2. The number of thioether (sulfide) groups is 1. The van der Waals surface area contributed by atoms with Crippen molar-refractivity contribution in [2.75, 3.05) is 5.75 Å². The standard InChI is InChI=1S/C12H17NO2S/c13-11(12(14)15)7-4-8-16-9-10-5-2-1-3-6-10/h1-3,5-6,11H,4,7-9,13H2,(H,14,15). The van der Waals surface area contributed by atoms with Gasteiger partial charge >= 0.3 is 5.97 Å². The number of hydrogen-bond donors (Lipinski definition) is 2. The van der Waals surface area contributed by atoms with E-state index in [2.05, 4.69) is 12.1 Å². The number of carboxylic acid groups (broad SMARTS) is 1. The Labute approximate surface area is 100 Å². The fourth-order valence-electron chi connectivity index (χ4n) is 1.29. The van der Waals surface area contributed by atoms with Crippen molar-refractivity contribution in [3.05, 3.63) is 35.9 Å². The van der Waals surface area contributed by atoms with E-state index < -0.39 is 12.0 Å². The molecule has 0 aliphatic rings. The average Bonchev–Trinajstić information content (AvgIpc) is 2.29. The normalized spacial score (nSPS) is 12.3. The Morgan fingerprint density at radius 1 is 1.38 bits per heavy atom. The van der Waals surface area contributed by atoms with Crippen LogP contribution in [0.5, 0.6) is 0 Å². The van der Waals surface area contributed by atoms with Gasteiger partial charge in [-0.15, -0.1) is 0 Å². The van der Waals surface area contributed by atoms with Gasteiger partial charge in [0.25, 0.3) is 0 Å². The highest BCUT2D eigenvalue weighted by Gasteiger charge is 2.09. The molecule has 0 fully saturated rings. The van der Waals surface area contributed by atoms with Crippen molar-refractivity contribution in [2.45, 2.75) is 24.6 Å². The lowest BCUT2D eigenvalue weighted by atomic mass is 10.2. The lowest BCUT2D eigenvalue weighted by Crippen LogP contribution is -2.29. The van der Waals surface area contributed by atoms with Gasteiger partial charge in [-0.25, -0.2) is 0 Å². The summed E-state index contributed by atoms with van der Waals surface area (Å²) in [6, 6.07) is 9.52. The Bertz CT molecular complexity index is 316. The van der Waals surface area contributed by atoms with Crippen molar-refractivity contribution in [2.24, 2.45) is 5.73 Å². The molecular formula is C12H17NO2S. The van der Waals surface area contributed by atoms with Gasteiger partial charge in [-0.3, -0.25) is 4.79 Å². The molecule has 0 spiro atoms. The molecule has 4 heteroatoms. The van der Waals surface area contributed by atoms with E-state index in [1.807, 2.05) is 30.0 Å². The van der Waals surface area contributed by atoms with Crippen LogP contribution in [0.15, 0.2) is 30.3 Å². The molecule has 0 saturated carbocycles. The zero-order valence-electron chi connectivity index (χ0n) is 9.13. The quantitative estimate of drug-likeness (QED) is 0.715. The van der Waals surface area contributed by atoms with E-state index in [0.29, 0.717) is 6.42 Å². The first-order valence-electron chi connectivity index (χ1n) is 5.30. The van der Waals surface area contributed by atoms with Crippen LogP contribution in [0.1, 0.15) is 18.4 Å². The van der Waals surface area contributed by atoms with Gasteiger partial charge < -0.3 is 10.8 Å². The molecule has 1 unspecified atom stereocenters. The van der Waals surface area contributed by atoms with Crippen LogP contribution in [-0.4, -0.2) is 22.9 Å². The van der Waals surface area contributed by atoms with Crippen molar-refractivity contribution in [1.29, 1.82) is 0 Å². The molecular weight excluding hydrogens is 222 g/mol. The molecule has 16 heavy (non-hydrogen) atoms. The molecule has 1 atom stereocenters. The summed E-state index contributed by atoms with van der Waals surface area (Å²) in [5.74, 6) is 1.02. The van der Waals surface area contributed by atoms with Gasteiger partial charge in [-0.05, 0) is 24.2 Å². The maximum Gasteiger partial charge on any atom is 0.320 e. The van der Waals surface area contributed by atoms with Crippen LogP contribution in [-0.2, 0) is 10.5 Å². The number of carboxylic acids is 1. The Morgan fingerprint density at radius 2 is 2.06 bits per heavy atom. The minimum Gasteiger partial charge on any atom is -0.480 e. The van der Waals surface area contributed by atoms with Crippen LogP contribution in [0.3, 0.4) is 0 Å². The summed E-state index contributed by atoms with van der Waals surface area (Å²) < 4.78 is 0. The minimum atomic E-state index is -0.909. The van der Waals surface area contributed by atoms with E-state index in [-0.39, 0.29) is 0 Å². The maximum absolute atomic E-state index is 10.5. The molecule has 1 rings (SSSR count). The number of aliphatic carboxylic acids is 1. The summed E-state index contributed by atoms with van der Waals surface area (Å²) in [6.45, 7) is 0. The van der Waals surface area contributed by atoms with Gasteiger partial charge in [0.05, 0.1) is 0 Å². The second-order valence-corrected chi connectivity index (χ2v) is 4.73. The van der Waals surface area contributed by atoms with Gasteiger partial charge in [-0.1, -0.05) is 30.3 Å². The molecule has 0 aliphatic carbocycles. The third kappa shape index (κ3) is 5.19. The van der Waals surface area contributed by atoms with Gasteiger partial charge in [0.15, 0.2) is 0 Å². The van der Waals surface area contributed by atoms with Gasteiger partial charge in [0.2, 0.25) is 0 Å². The van der Waals surface area contributed by atoms with Gasteiger partial charge in [-0.2, -0.15) is 11.8 Å². The smallest absolute Gasteiger partial charge is 0.320 e. The molecule has 3 N–H and O–H groups in total. The molecule has 88 valence electrons. The van der Waals surface area contributed by atoms with Crippen LogP contribution in [0.4, 0.5) is 0 Å². The van der Waals surface area contributed by atoms with Gasteiger partial charge in [0, 0.05) is 5.75 Å². The SMILES string of the molecule is NC(CCCSCc1ccccc1)C(=O)O. The van der Waals surface area contributed by atoms with Crippen LogP contribution in [0.25, 0.3) is 0 Å². The first kappa shape index (κ1) is 13.1. The number of carbonyl (C=O) groups is 1. The first-order valence-corrected chi connectivity index (χ1v) is 6.45. The molecule has 0 saturated heterocycles. The lowest BCUT2D eigenvalue weighted by molar-refractivity contribution is -0.138. The van der Waals surface area contributed by atoms with Crippen molar-refractivity contribution in [1.82, 2.24) is 0 Å². The van der Waals surface area contributed by atoms with E-state index in [1.165, 1.54) is 5.56 Å². The zero-order valence-corrected chi connectivity index (χ0v) is 9.95. The second-order valence-electron chi connectivity index (χ2n) is 3.63. The fraction of sp³-hybridized carbons (Fsp3) is 0.417. The van der Waals surface area contributed by atoms with Crippen LogP contribution >= 0.6 is 11.8 Å². The summed E-state index contributed by atoms with van der Waals surface area (Å²) in [4.78, 5) is 10.5. The van der Waals surface area contributed by atoms with Crippen LogP contribution < -0.4 is 5.73 Å². The van der Waals surface area contributed by atoms with Crippen molar-refractivity contribution in [3.8, 4) is 0 Å². The monoisotopic (exact) mass is 239 g/mol. The Morgan fingerprint density at radius 3 is 2.69 bits per heavy atom. The van der Waals surface area contributed by atoms with E-state index in [0.717, 1.165) is 17.9 Å². The molecule has 0 heterocycles. The predicted molar refractivity (Wildman–Crippen MR) is 67.4 cm³/mol. The summed E-state index contributed by atoms with van der Waals surface area (Å²) in [5.41, 5.74) is 6.70. The number of rotatable bonds is 7. The number of nitrogens with two attached hydrogens (primary N) is 1. The molecule has 1 aromatic rings. The Hall–Kier alpha value is -1.00. The van der Waals surface area contributed by atoms with Crippen molar-refractivity contribution >= 4 is 17.7 Å². The Balaban J connectivity index is 2.07. The highest BCUT2D eigenvalue weighted by Crippen LogP contribution is 2.13. The van der Waals surface area contributed by atoms with E-state index in [1.54, 1.807) is 0 Å². The summed E-state index contributed by atoms with van der Waals surface area (Å²) >= 11 is 1.81. The third-order valence-corrected chi connectivity index (χ3v) is 3.35. The topological polar surface area (TPSA) is 63.3 Å². The van der Waals surface area contributed by atoms with Crippen molar-refractivity contribution in [3.63, 3.8) is 0 Å². The predicted octanol–water partition coefficient (Wildman–Crippen LogP) is 2.11. The van der Waals surface area contributed by atoms with Crippen LogP contribution in [0, 0.1) is 0 Å². The number of hydrogen-bond acceptors (Lipinski definition) is 3. The molecule has 0 aromatic heterocycles. The zero-order chi connectivity index (χ0) is 11.8. The average molecular weight is 239 g/mol. The molecule has 0 aliphatic heterocycles. The second kappa shape index (κ2) is 7.30. The van der Waals surface area contributed by atoms with E-state index in [9.17, 15) is 4.79 Å². The molecule has 0 bridgehead atoms. The highest BCUT2D eigenvalue weighted by molar-refractivity contribution is 7.98. The summed E-state index contributed by atoms with van der Waals surface area (Å²) in [6.07, 6.45) is 1.40. The molecule has 1 aromatic carbocycles. The summed E-state index contributed by atoms with van der Waals surface area (Å²) in [7, 11) is 0.